The maximum absolute atomic E-state index is 14.3. The summed E-state index contributed by atoms with van der Waals surface area (Å²) in [6.45, 7) is 9.00. The molecule has 13 nitrogen and oxygen atoms in total. The first-order chi connectivity index (χ1) is 24.6. The van der Waals surface area contributed by atoms with Crippen LogP contribution in [0.1, 0.15) is 84.4 Å². The molecule has 0 bridgehead atoms. The third-order valence-corrected chi connectivity index (χ3v) is 11.9. The van der Waals surface area contributed by atoms with Gasteiger partial charge in [-0.1, -0.05) is 75.6 Å². The highest BCUT2D eigenvalue weighted by Crippen LogP contribution is 2.52. The van der Waals surface area contributed by atoms with Crippen molar-refractivity contribution in [2.75, 3.05) is 6.16 Å². The second-order valence-corrected chi connectivity index (χ2v) is 17.6. The summed E-state index contributed by atoms with van der Waals surface area (Å²) in [7, 11) is -4.26. The number of fused-ring (bicyclic) bond motifs is 1. The number of rotatable bonds is 16. The zero-order valence-corrected chi connectivity index (χ0v) is 31.7. The van der Waals surface area contributed by atoms with Crippen molar-refractivity contribution < 1.29 is 38.5 Å². The Balaban J connectivity index is 1.68. The Labute approximate surface area is 305 Å². The van der Waals surface area contributed by atoms with Gasteiger partial charge < -0.3 is 35.7 Å². The molecule has 2 aromatic carbocycles. The number of imidazole rings is 1. The number of aliphatic carboxylic acids is 1. The maximum Gasteiger partial charge on any atom is 0.408 e. The normalized spacial score (nSPS) is 19.7. The number of carboxylic acids is 1. The average Bonchev–Trinajstić information content (AvgIpc) is 3.59. The predicted octanol–water partition coefficient (Wildman–Crippen LogP) is 5.77. The first kappa shape index (κ1) is 40.5. The van der Waals surface area contributed by atoms with E-state index in [0.29, 0.717) is 31.4 Å². The quantitative estimate of drug-likeness (QED) is 0.0988. The number of carbonyl (C=O) groups is 4. The summed E-state index contributed by atoms with van der Waals surface area (Å²) in [5.74, 6) is -5.85. The molecule has 3 amide bonds. The smallest absolute Gasteiger partial charge is 0.408 e. The van der Waals surface area contributed by atoms with Gasteiger partial charge in [-0.3, -0.25) is 18.9 Å². The third kappa shape index (κ3) is 11.4. The molecule has 52 heavy (non-hydrogen) atoms. The molecule has 0 radical (unpaired) electrons. The molecule has 14 heteroatoms. The highest BCUT2D eigenvalue weighted by molar-refractivity contribution is 7.58. The second kappa shape index (κ2) is 18.0. The molecule has 7 atom stereocenters. The number of carboxylic acid groups (broad SMARTS) is 1. The van der Waals surface area contributed by atoms with Crippen LogP contribution in [0.2, 0.25) is 0 Å². The Hall–Kier alpha value is -4.22. The van der Waals surface area contributed by atoms with E-state index >= 15 is 0 Å². The summed E-state index contributed by atoms with van der Waals surface area (Å²) in [5, 5.41) is 20.4. The topological polar surface area (TPSA) is 200 Å². The molecule has 6 N–H and O–H groups in total. The number of aromatic amines is 1. The third-order valence-electron chi connectivity index (χ3n) is 9.59. The van der Waals surface area contributed by atoms with Crippen molar-refractivity contribution in [3.63, 3.8) is 0 Å². The van der Waals surface area contributed by atoms with Crippen molar-refractivity contribution in [2.45, 2.75) is 109 Å². The number of hydrogen-bond acceptors (Lipinski definition) is 7. The number of alkyl carbamates (subject to hydrolysis) is 1. The molecule has 1 aliphatic carbocycles. The van der Waals surface area contributed by atoms with Crippen molar-refractivity contribution in [3.05, 3.63) is 66.2 Å². The van der Waals surface area contributed by atoms with Gasteiger partial charge in [-0.2, -0.15) is 0 Å². The molecule has 4 rings (SSSR count). The van der Waals surface area contributed by atoms with Gasteiger partial charge in [-0.15, -0.1) is 0 Å². The Morgan fingerprint density at radius 1 is 1.00 bits per heavy atom. The molecule has 1 aliphatic rings. The van der Waals surface area contributed by atoms with E-state index in [9.17, 15) is 33.7 Å². The molecule has 0 spiro atoms. The molecular formula is C38H54N5O8P. The Morgan fingerprint density at radius 3 is 2.35 bits per heavy atom. The molecular weight excluding hydrogens is 685 g/mol. The van der Waals surface area contributed by atoms with Gasteiger partial charge in [0.15, 0.2) is 0 Å². The summed E-state index contributed by atoms with van der Waals surface area (Å²) >= 11 is 0. The van der Waals surface area contributed by atoms with E-state index in [0.717, 1.165) is 29.2 Å². The summed E-state index contributed by atoms with van der Waals surface area (Å²) < 4.78 is 19.5. The van der Waals surface area contributed by atoms with Crippen molar-refractivity contribution in [1.82, 2.24) is 25.9 Å². The molecule has 0 aliphatic heterocycles. The summed E-state index contributed by atoms with van der Waals surface area (Å²) in [6.07, 6.45) is 5.66. The van der Waals surface area contributed by atoms with Crippen molar-refractivity contribution in [1.29, 1.82) is 0 Å². The molecule has 0 saturated heterocycles. The fraction of sp³-hybridized carbons (Fsp3) is 0.553. The lowest BCUT2D eigenvalue weighted by Gasteiger charge is -2.38. The van der Waals surface area contributed by atoms with Gasteiger partial charge >= 0.3 is 12.1 Å². The minimum absolute atomic E-state index is 0.0528. The van der Waals surface area contributed by atoms with Crippen LogP contribution in [0.5, 0.6) is 0 Å². The molecule has 1 aromatic heterocycles. The number of nitrogens with zero attached hydrogens (tertiary/aromatic N) is 1. The van der Waals surface area contributed by atoms with E-state index in [1.165, 1.54) is 12.5 Å². The van der Waals surface area contributed by atoms with E-state index in [4.69, 9.17) is 4.74 Å². The number of aromatic nitrogens is 2. The van der Waals surface area contributed by atoms with Gasteiger partial charge in [0.25, 0.3) is 0 Å². The SMILES string of the molecule is CCCCP(=O)(O)C(NC(=O)[C@H](Cc1cnc[nH]1)NC(=O)C(Cc1cccc2ccccc12)NC(=O)OC(C)(C)C)C(C(=O)O)C1CCCC(C)C1. The van der Waals surface area contributed by atoms with E-state index in [-0.39, 0.29) is 24.9 Å². The van der Waals surface area contributed by atoms with Crippen LogP contribution in [0, 0.1) is 17.8 Å². The highest BCUT2D eigenvalue weighted by Gasteiger charge is 2.47. The Bertz CT molecular complexity index is 1720. The second-order valence-electron chi connectivity index (χ2n) is 15.1. The van der Waals surface area contributed by atoms with Crippen molar-refractivity contribution >= 4 is 42.0 Å². The molecule has 6 unspecified atom stereocenters. The minimum atomic E-state index is -4.26. The summed E-state index contributed by atoms with van der Waals surface area (Å²) in [6, 6.07) is 10.7. The number of H-pyrrole nitrogens is 1. The van der Waals surface area contributed by atoms with Crippen LogP contribution in [0.15, 0.2) is 55.0 Å². The van der Waals surface area contributed by atoms with Crippen molar-refractivity contribution in [3.8, 4) is 0 Å². The maximum atomic E-state index is 14.3. The van der Waals surface area contributed by atoms with Gasteiger partial charge in [-0.05, 0) is 68.2 Å². The molecule has 1 heterocycles. The number of nitrogens with one attached hydrogen (secondary N) is 4. The lowest BCUT2D eigenvalue weighted by Crippen LogP contribution is -2.58. The standard InChI is InChI=1S/C38H54N5O8P/c1-6-7-18-52(49,50)35(32(36(46)47)27-16-10-12-24(2)19-27)43-34(45)31(21-28-22-39-23-40-28)41-33(44)30(42-37(48)51-38(3,4)5)20-26-15-11-14-25-13-8-9-17-29(25)26/h8-9,11,13-15,17,22-24,27,30-32,35H,6-7,10,12,16,18-21H2,1-5H3,(H,39,40)(H,41,44)(H,42,48)(H,43,45)(H,46,47)(H,49,50)/t24?,27?,30?,31-,32?,35?/m0/s1. The molecule has 3 aromatic rings. The van der Waals surface area contributed by atoms with Gasteiger partial charge in [0.1, 0.15) is 23.5 Å². The van der Waals surface area contributed by atoms with Gasteiger partial charge in [0, 0.05) is 30.9 Å². The fourth-order valence-electron chi connectivity index (χ4n) is 7.06. The van der Waals surface area contributed by atoms with Crippen LogP contribution < -0.4 is 16.0 Å². The Morgan fingerprint density at radius 2 is 1.69 bits per heavy atom. The monoisotopic (exact) mass is 739 g/mol. The van der Waals surface area contributed by atoms with Gasteiger partial charge in [0.05, 0.1) is 12.2 Å². The molecule has 1 saturated carbocycles. The first-order valence-corrected chi connectivity index (χ1v) is 20.1. The van der Waals surface area contributed by atoms with Crippen LogP contribution in [0.3, 0.4) is 0 Å². The largest absolute Gasteiger partial charge is 0.481 e. The summed E-state index contributed by atoms with van der Waals surface area (Å²) in [5.41, 5.74) is 0.402. The molecule has 284 valence electrons. The predicted molar refractivity (Wildman–Crippen MR) is 199 cm³/mol. The number of ether oxygens (including phenoxy) is 1. The summed E-state index contributed by atoms with van der Waals surface area (Å²) in [4.78, 5) is 72.8. The zero-order chi connectivity index (χ0) is 38.1. The first-order valence-electron chi connectivity index (χ1n) is 18.2. The fourth-order valence-corrected chi connectivity index (χ4v) is 9.31. The van der Waals surface area contributed by atoms with Gasteiger partial charge in [-0.25, -0.2) is 9.78 Å². The molecule has 1 fully saturated rings. The lowest BCUT2D eigenvalue weighted by atomic mass is 9.75. The Kier molecular flexibility index (Phi) is 14.0. The van der Waals surface area contributed by atoms with E-state index in [1.807, 2.05) is 56.3 Å². The highest BCUT2D eigenvalue weighted by atomic mass is 31.2. The number of benzene rings is 2. The van der Waals surface area contributed by atoms with Crippen LogP contribution in [0.4, 0.5) is 4.79 Å². The number of unbranched alkanes of at least 4 members (excludes halogenated alkanes) is 1. The van der Waals surface area contributed by atoms with E-state index in [2.05, 4.69) is 25.9 Å². The zero-order valence-electron chi connectivity index (χ0n) is 30.8. The van der Waals surface area contributed by atoms with Crippen molar-refractivity contribution in [2.24, 2.45) is 17.8 Å². The minimum Gasteiger partial charge on any atom is -0.481 e. The number of amides is 3. The van der Waals surface area contributed by atoms with Gasteiger partial charge in [0.2, 0.25) is 19.2 Å². The number of carbonyl (C=O) groups excluding carboxylic acids is 3. The van der Waals surface area contributed by atoms with Crippen LogP contribution in [-0.4, -0.2) is 73.5 Å². The van der Waals surface area contributed by atoms with E-state index in [1.54, 1.807) is 20.8 Å². The number of hydrogen-bond donors (Lipinski definition) is 6. The van der Waals surface area contributed by atoms with Crippen LogP contribution in [-0.2, 0) is 36.5 Å². The van der Waals surface area contributed by atoms with Crippen LogP contribution in [0.25, 0.3) is 10.8 Å². The van der Waals surface area contributed by atoms with Crippen LogP contribution >= 0.6 is 7.37 Å². The average molecular weight is 740 g/mol. The lowest BCUT2D eigenvalue weighted by molar-refractivity contribution is -0.145. The van der Waals surface area contributed by atoms with E-state index < -0.39 is 66.5 Å².